The normalized spacial score (nSPS) is 16.4. The summed E-state index contributed by atoms with van der Waals surface area (Å²) in [6, 6.07) is 17.4. The number of nitrogens with one attached hydrogen (secondary N) is 1. The number of carbonyl (C=O) groups is 1. The monoisotopic (exact) mass is 304 g/mol. The van der Waals surface area contributed by atoms with Crippen molar-refractivity contribution in [2.24, 2.45) is 0 Å². The molecule has 1 atom stereocenters. The molecule has 2 heterocycles. The zero-order valence-corrected chi connectivity index (χ0v) is 12.5. The number of amides is 1. The number of hydrogen-bond donors (Lipinski definition) is 1. The standard InChI is InChI=1S/C19H16N2O2/c22-19(14-10-12-23-18-8-4-2-5-13(14)18)21-17-9-11-20-16-7-3-1-6-15(16)17/h1-9,11,14H,10,12H2,(H,20,21,22). The number of nitrogens with zero attached hydrogens (tertiary/aromatic N) is 1. The molecular weight excluding hydrogens is 288 g/mol. The Morgan fingerprint density at radius 3 is 2.87 bits per heavy atom. The third-order valence-electron chi connectivity index (χ3n) is 4.18. The number of fused-ring (bicyclic) bond motifs is 2. The van der Waals surface area contributed by atoms with Crippen molar-refractivity contribution in [2.75, 3.05) is 11.9 Å². The van der Waals surface area contributed by atoms with Gasteiger partial charge in [0.05, 0.1) is 23.7 Å². The van der Waals surface area contributed by atoms with Crippen LogP contribution in [-0.4, -0.2) is 17.5 Å². The molecule has 0 saturated heterocycles. The smallest absolute Gasteiger partial charge is 0.232 e. The first-order valence-electron chi connectivity index (χ1n) is 7.69. The van der Waals surface area contributed by atoms with Crippen molar-refractivity contribution in [3.8, 4) is 5.75 Å². The second-order valence-corrected chi connectivity index (χ2v) is 5.59. The number of pyridine rings is 1. The van der Waals surface area contributed by atoms with Gasteiger partial charge in [-0.3, -0.25) is 9.78 Å². The van der Waals surface area contributed by atoms with Gasteiger partial charge in [-0.1, -0.05) is 36.4 Å². The maximum absolute atomic E-state index is 12.8. The van der Waals surface area contributed by atoms with E-state index in [0.717, 1.165) is 27.9 Å². The van der Waals surface area contributed by atoms with Crippen LogP contribution in [0.3, 0.4) is 0 Å². The molecule has 0 aliphatic carbocycles. The highest BCUT2D eigenvalue weighted by atomic mass is 16.5. The Bertz CT molecular complexity index is 871. The van der Waals surface area contributed by atoms with Crippen LogP contribution in [-0.2, 0) is 4.79 Å². The van der Waals surface area contributed by atoms with Crippen LogP contribution in [0.1, 0.15) is 17.9 Å². The molecule has 1 aromatic heterocycles. The van der Waals surface area contributed by atoms with Crippen molar-refractivity contribution in [3.63, 3.8) is 0 Å². The van der Waals surface area contributed by atoms with Gasteiger partial charge in [0.25, 0.3) is 0 Å². The van der Waals surface area contributed by atoms with E-state index < -0.39 is 0 Å². The summed E-state index contributed by atoms with van der Waals surface area (Å²) < 4.78 is 5.63. The molecule has 1 aliphatic rings. The molecular formula is C19H16N2O2. The molecule has 2 aromatic carbocycles. The van der Waals surface area contributed by atoms with Gasteiger partial charge in [-0.05, 0) is 24.6 Å². The van der Waals surface area contributed by atoms with Gasteiger partial charge in [0.15, 0.2) is 0 Å². The Morgan fingerprint density at radius 1 is 1.09 bits per heavy atom. The molecule has 114 valence electrons. The van der Waals surface area contributed by atoms with Crippen LogP contribution in [0.2, 0.25) is 0 Å². The van der Waals surface area contributed by atoms with Crippen LogP contribution in [0, 0.1) is 0 Å². The molecule has 1 N–H and O–H groups in total. The summed E-state index contributed by atoms with van der Waals surface area (Å²) in [6.45, 7) is 0.562. The number of para-hydroxylation sites is 2. The zero-order chi connectivity index (χ0) is 15.6. The summed E-state index contributed by atoms with van der Waals surface area (Å²) in [5.41, 5.74) is 2.62. The predicted molar refractivity (Wildman–Crippen MR) is 89.7 cm³/mol. The van der Waals surface area contributed by atoms with Gasteiger partial charge < -0.3 is 10.1 Å². The lowest BCUT2D eigenvalue weighted by Crippen LogP contribution is -2.26. The molecule has 1 amide bonds. The Morgan fingerprint density at radius 2 is 1.91 bits per heavy atom. The number of aromatic nitrogens is 1. The van der Waals surface area contributed by atoms with Crippen molar-refractivity contribution in [2.45, 2.75) is 12.3 Å². The SMILES string of the molecule is O=C(Nc1ccnc2ccccc12)C1CCOc2ccccc21. The second kappa shape index (κ2) is 5.72. The summed E-state index contributed by atoms with van der Waals surface area (Å²) in [7, 11) is 0. The minimum Gasteiger partial charge on any atom is -0.493 e. The van der Waals surface area contributed by atoms with Crippen molar-refractivity contribution in [1.29, 1.82) is 0 Å². The van der Waals surface area contributed by atoms with Crippen molar-refractivity contribution in [1.82, 2.24) is 4.98 Å². The maximum Gasteiger partial charge on any atom is 0.232 e. The van der Waals surface area contributed by atoms with E-state index in [4.69, 9.17) is 4.74 Å². The molecule has 1 unspecified atom stereocenters. The highest BCUT2D eigenvalue weighted by Gasteiger charge is 2.27. The number of anilines is 1. The molecule has 0 saturated carbocycles. The fourth-order valence-corrected chi connectivity index (χ4v) is 3.04. The van der Waals surface area contributed by atoms with E-state index in [2.05, 4.69) is 10.3 Å². The van der Waals surface area contributed by atoms with Gasteiger partial charge in [-0.25, -0.2) is 0 Å². The topological polar surface area (TPSA) is 51.2 Å². The molecule has 0 radical (unpaired) electrons. The number of rotatable bonds is 2. The first-order valence-corrected chi connectivity index (χ1v) is 7.69. The third kappa shape index (κ3) is 2.52. The largest absolute Gasteiger partial charge is 0.493 e. The summed E-state index contributed by atoms with van der Waals surface area (Å²) in [4.78, 5) is 17.1. The molecule has 4 nitrogen and oxygen atoms in total. The summed E-state index contributed by atoms with van der Waals surface area (Å²) in [6.07, 6.45) is 2.40. The Kier molecular flexibility index (Phi) is 3.42. The van der Waals surface area contributed by atoms with Gasteiger partial charge in [-0.15, -0.1) is 0 Å². The zero-order valence-electron chi connectivity index (χ0n) is 12.5. The minimum absolute atomic E-state index is 0.00268. The van der Waals surface area contributed by atoms with Crippen LogP contribution in [0.15, 0.2) is 60.8 Å². The van der Waals surface area contributed by atoms with Gasteiger partial charge in [0.1, 0.15) is 5.75 Å². The molecule has 0 bridgehead atoms. The summed E-state index contributed by atoms with van der Waals surface area (Å²) >= 11 is 0. The molecule has 4 rings (SSSR count). The van der Waals surface area contributed by atoms with E-state index in [1.54, 1.807) is 6.20 Å². The highest BCUT2D eigenvalue weighted by Crippen LogP contribution is 2.34. The van der Waals surface area contributed by atoms with Crippen molar-refractivity contribution < 1.29 is 9.53 Å². The molecule has 3 aromatic rings. The first-order chi connectivity index (χ1) is 11.3. The Labute approximate surface area is 134 Å². The molecule has 23 heavy (non-hydrogen) atoms. The number of ether oxygens (including phenoxy) is 1. The van der Waals surface area contributed by atoms with Crippen molar-refractivity contribution >= 4 is 22.5 Å². The van der Waals surface area contributed by atoms with Gasteiger partial charge in [-0.2, -0.15) is 0 Å². The predicted octanol–water partition coefficient (Wildman–Crippen LogP) is 3.74. The molecule has 4 heteroatoms. The fourth-order valence-electron chi connectivity index (χ4n) is 3.04. The van der Waals surface area contributed by atoms with E-state index >= 15 is 0 Å². The van der Waals surface area contributed by atoms with Crippen LogP contribution < -0.4 is 10.1 Å². The Hall–Kier alpha value is -2.88. The molecule has 1 aliphatic heterocycles. The van der Waals surface area contributed by atoms with Crippen LogP contribution in [0.4, 0.5) is 5.69 Å². The quantitative estimate of drug-likeness (QED) is 0.784. The van der Waals surface area contributed by atoms with E-state index in [-0.39, 0.29) is 11.8 Å². The van der Waals surface area contributed by atoms with E-state index in [0.29, 0.717) is 13.0 Å². The maximum atomic E-state index is 12.8. The van der Waals surface area contributed by atoms with Crippen molar-refractivity contribution in [3.05, 3.63) is 66.4 Å². The second-order valence-electron chi connectivity index (χ2n) is 5.59. The number of carbonyl (C=O) groups excluding carboxylic acids is 1. The lowest BCUT2D eigenvalue weighted by molar-refractivity contribution is -0.118. The lowest BCUT2D eigenvalue weighted by atomic mass is 9.92. The van der Waals surface area contributed by atoms with Gasteiger partial charge >= 0.3 is 0 Å². The average molecular weight is 304 g/mol. The lowest BCUT2D eigenvalue weighted by Gasteiger charge is -2.25. The molecule has 0 fully saturated rings. The number of hydrogen-bond acceptors (Lipinski definition) is 3. The highest BCUT2D eigenvalue weighted by molar-refractivity contribution is 6.03. The summed E-state index contributed by atoms with van der Waals surface area (Å²) in [5.74, 6) is 0.613. The van der Waals surface area contributed by atoms with Crippen LogP contribution in [0.5, 0.6) is 5.75 Å². The first kappa shape index (κ1) is 13.8. The van der Waals surface area contributed by atoms with Crippen LogP contribution in [0.25, 0.3) is 10.9 Å². The van der Waals surface area contributed by atoms with Crippen LogP contribution >= 0.6 is 0 Å². The Balaban J connectivity index is 1.66. The average Bonchev–Trinajstić information content (AvgIpc) is 2.61. The molecule has 0 spiro atoms. The fraction of sp³-hybridized carbons (Fsp3) is 0.158. The number of benzene rings is 2. The van der Waals surface area contributed by atoms with Gasteiger partial charge in [0.2, 0.25) is 5.91 Å². The summed E-state index contributed by atoms with van der Waals surface area (Å²) in [5, 5.41) is 4.01. The van der Waals surface area contributed by atoms with E-state index in [1.165, 1.54) is 0 Å². The van der Waals surface area contributed by atoms with E-state index in [1.807, 2.05) is 54.6 Å². The minimum atomic E-state index is -0.188. The van der Waals surface area contributed by atoms with Gasteiger partial charge in [0, 0.05) is 17.1 Å². The third-order valence-corrected chi connectivity index (χ3v) is 4.18. The van der Waals surface area contributed by atoms with E-state index in [9.17, 15) is 4.79 Å².